The monoisotopic (exact) mass is 452 g/mol. The van der Waals surface area contributed by atoms with Gasteiger partial charge < -0.3 is 10.4 Å². The van der Waals surface area contributed by atoms with Crippen LogP contribution in [0, 0.1) is 6.92 Å². The molecule has 0 fully saturated rings. The zero-order valence-corrected chi connectivity index (χ0v) is 18.8. The third-order valence-corrected chi connectivity index (χ3v) is 6.62. The molecule has 0 aliphatic heterocycles. The third kappa shape index (κ3) is 5.77. The van der Waals surface area contributed by atoms with Crippen molar-refractivity contribution in [3.05, 3.63) is 77.9 Å². The molecule has 1 amide bonds. The number of hydrogen-bond acceptors (Lipinski definition) is 6. The van der Waals surface area contributed by atoms with Crippen molar-refractivity contribution in [2.45, 2.75) is 18.2 Å². The van der Waals surface area contributed by atoms with E-state index in [1.54, 1.807) is 55.5 Å². The van der Waals surface area contributed by atoms with Crippen molar-refractivity contribution in [1.29, 1.82) is 0 Å². The van der Waals surface area contributed by atoms with Crippen LogP contribution in [0.4, 0.5) is 17.1 Å². The Morgan fingerprint density at radius 2 is 1.50 bits per heavy atom. The number of hydrogen-bond donors (Lipinski definition) is 2. The van der Waals surface area contributed by atoms with E-state index in [1.807, 2.05) is 0 Å². The summed E-state index contributed by atoms with van der Waals surface area (Å²) in [5.74, 6) is -0.103. The minimum absolute atomic E-state index is 0.124. The van der Waals surface area contributed by atoms with Gasteiger partial charge in [-0.05, 0) is 66.6 Å². The maximum Gasteiger partial charge on any atom is 0.242 e. The Balaban J connectivity index is 1.65. The summed E-state index contributed by atoms with van der Waals surface area (Å²) in [7, 11) is -0.674. The van der Waals surface area contributed by atoms with Crippen LogP contribution in [0.1, 0.15) is 11.1 Å². The van der Waals surface area contributed by atoms with E-state index in [2.05, 4.69) is 15.5 Å². The van der Waals surface area contributed by atoms with E-state index in [1.165, 1.54) is 32.3 Å². The summed E-state index contributed by atoms with van der Waals surface area (Å²) in [6, 6.07) is 18.2. The van der Waals surface area contributed by atoms with Crippen molar-refractivity contribution >= 4 is 33.0 Å². The Morgan fingerprint density at radius 3 is 2.06 bits per heavy atom. The second-order valence-electron chi connectivity index (χ2n) is 7.38. The fourth-order valence-electron chi connectivity index (χ4n) is 2.86. The Bertz CT molecular complexity index is 1240. The number of nitrogens with zero attached hydrogens (tertiary/aromatic N) is 3. The standard InChI is InChI=1S/C23H24N4O4S/c1-16-4-7-20(15-22(16)32(30,31)27(2)3)24-23(29)14-17-5-8-18(9-6-17)25-26-19-10-12-21(28)13-11-19/h4-13,15,28H,14H2,1-3H3,(H,24,29). The number of azo groups is 1. The van der Waals surface area contributed by atoms with Crippen LogP contribution in [0.15, 0.2) is 81.9 Å². The smallest absolute Gasteiger partial charge is 0.242 e. The van der Waals surface area contributed by atoms with Gasteiger partial charge in [-0.15, -0.1) is 0 Å². The van der Waals surface area contributed by atoms with Crippen molar-refractivity contribution in [1.82, 2.24) is 4.31 Å². The number of benzene rings is 3. The zero-order chi connectivity index (χ0) is 23.3. The van der Waals surface area contributed by atoms with Crippen LogP contribution in [0.3, 0.4) is 0 Å². The van der Waals surface area contributed by atoms with Crippen molar-refractivity contribution in [2.24, 2.45) is 10.2 Å². The number of phenolic OH excluding ortho intramolecular Hbond substituents is 1. The van der Waals surface area contributed by atoms with Crippen molar-refractivity contribution in [2.75, 3.05) is 19.4 Å². The van der Waals surface area contributed by atoms with E-state index >= 15 is 0 Å². The molecule has 0 saturated heterocycles. The minimum atomic E-state index is -3.61. The van der Waals surface area contributed by atoms with Gasteiger partial charge in [-0.2, -0.15) is 10.2 Å². The van der Waals surface area contributed by atoms with E-state index in [0.29, 0.717) is 22.6 Å². The third-order valence-electron chi connectivity index (χ3n) is 4.66. The number of sulfonamides is 1. The van der Waals surface area contributed by atoms with Crippen LogP contribution in [0.5, 0.6) is 5.75 Å². The van der Waals surface area contributed by atoms with Crippen LogP contribution in [0.25, 0.3) is 0 Å². The van der Waals surface area contributed by atoms with Gasteiger partial charge in [0.1, 0.15) is 5.75 Å². The minimum Gasteiger partial charge on any atom is -0.508 e. The first-order chi connectivity index (χ1) is 15.1. The molecule has 3 rings (SSSR count). The topological polar surface area (TPSA) is 111 Å². The summed E-state index contributed by atoms with van der Waals surface area (Å²) in [5.41, 5.74) is 3.03. The van der Waals surface area contributed by atoms with Crippen LogP contribution < -0.4 is 5.32 Å². The molecule has 0 saturated carbocycles. The molecule has 3 aromatic carbocycles. The summed E-state index contributed by atoms with van der Waals surface area (Å²) in [6.45, 7) is 1.71. The molecular weight excluding hydrogens is 428 g/mol. The number of amides is 1. The van der Waals surface area contributed by atoms with Crippen LogP contribution in [-0.4, -0.2) is 37.8 Å². The number of rotatable bonds is 7. The highest BCUT2D eigenvalue weighted by molar-refractivity contribution is 7.89. The quantitative estimate of drug-likeness (QED) is 0.512. The number of anilines is 1. The van der Waals surface area contributed by atoms with Gasteiger partial charge in [0, 0.05) is 19.8 Å². The molecule has 166 valence electrons. The summed E-state index contributed by atoms with van der Waals surface area (Å²) in [4.78, 5) is 12.6. The first-order valence-corrected chi connectivity index (χ1v) is 11.2. The van der Waals surface area contributed by atoms with Gasteiger partial charge in [0.25, 0.3) is 0 Å². The van der Waals surface area contributed by atoms with Crippen LogP contribution in [0.2, 0.25) is 0 Å². The highest BCUT2D eigenvalue weighted by Crippen LogP contribution is 2.23. The molecule has 0 atom stereocenters. The molecule has 0 unspecified atom stereocenters. The van der Waals surface area contributed by atoms with E-state index in [-0.39, 0.29) is 23.0 Å². The lowest BCUT2D eigenvalue weighted by Gasteiger charge is -2.15. The maximum absolute atomic E-state index is 12.5. The highest BCUT2D eigenvalue weighted by atomic mass is 32.2. The average molecular weight is 453 g/mol. The Morgan fingerprint density at radius 1 is 0.938 bits per heavy atom. The van der Waals surface area contributed by atoms with Gasteiger partial charge in [-0.1, -0.05) is 18.2 Å². The molecule has 0 aromatic heterocycles. The molecule has 0 radical (unpaired) electrons. The van der Waals surface area contributed by atoms with E-state index in [9.17, 15) is 18.3 Å². The molecule has 9 heteroatoms. The van der Waals surface area contributed by atoms with Gasteiger partial charge in [0.2, 0.25) is 15.9 Å². The summed E-state index contributed by atoms with van der Waals surface area (Å²) in [5, 5.41) is 20.3. The number of aromatic hydroxyl groups is 1. The molecule has 3 aromatic rings. The molecule has 0 aliphatic rings. The second-order valence-corrected chi connectivity index (χ2v) is 9.50. The lowest BCUT2D eigenvalue weighted by atomic mass is 10.1. The molecule has 0 bridgehead atoms. The summed E-state index contributed by atoms with van der Waals surface area (Å²) < 4.78 is 26.1. The van der Waals surface area contributed by atoms with Gasteiger partial charge >= 0.3 is 0 Å². The molecular formula is C23H24N4O4S. The summed E-state index contributed by atoms with van der Waals surface area (Å²) in [6.07, 6.45) is 0.124. The van der Waals surface area contributed by atoms with Crippen molar-refractivity contribution in [3.63, 3.8) is 0 Å². The molecule has 8 nitrogen and oxygen atoms in total. The first kappa shape index (κ1) is 23.1. The number of carbonyl (C=O) groups is 1. The molecule has 0 aliphatic carbocycles. The van der Waals surface area contributed by atoms with Gasteiger partial charge in [-0.25, -0.2) is 12.7 Å². The van der Waals surface area contributed by atoms with Gasteiger partial charge in [0.15, 0.2) is 0 Å². The largest absolute Gasteiger partial charge is 0.508 e. The zero-order valence-electron chi connectivity index (χ0n) is 18.0. The number of carbonyl (C=O) groups excluding carboxylic acids is 1. The summed E-state index contributed by atoms with van der Waals surface area (Å²) >= 11 is 0. The Labute approximate surface area is 187 Å². The lowest BCUT2D eigenvalue weighted by Crippen LogP contribution is -2.23. The number of phenols is 1. The first-order valence-electron chi connectivity index (χ1n) is 9.78. The van der Waals surface area contributed by atoms with Crippen molar-refractivity contribution in [3.8, 4) is 5.75 Å². The number of aryl methyl sites for hydroxylation is 1. The molecule has 0 spiro atoms. The van der Waals surface area contributed by atoms with Gasteiger partial charge in [-0.3, -0.25) is 4.79 Å². The maximum atomic E-state index is 12.5. The molecule has 32 heavy (non-hydrogen) atoms. The normalized spacial score (nSPS) is 11.8. The average Bonchev–Trinajstić information content (AvgIpc) is 2.75. The SMILES string of the molecule is Cc1ccc(NC(=O)Cc2ccc(N=Nc3ccc(O)cc3)cc2)cc1S(=O)(=O)N(C)C. The van der Waals surface area contributed by atoms with Crippen LogP contribution >= 0.6 is 0 Å². The van der Waals surface area contributed by atoms with Gasteiger partial charge in [0.05, 0.1) is 22.7 Å². The lowest BCUT2D eigenvalue weighted by molar-refractivity contribution is -0.115. The predicted molar refractivity (Wildman–Crippen MR) is 123 cm³/mol. The second kappa shape index (κ2) is 9.71. The predicted octanol–water partition coefficient (Wildman–Crippen LogP) is 4.55. The van der Waals surface area contributed by atoms with E-state index in [4.69, 9.17) is 0 Å². The highest BCUT2D eigenvalue weighted by Gasteiger charge is 2.20. The van der Waals surface area contributed by atoms with Crippen molar-refractivity contribution < 1.29 is 18.3 Å². The molecule has 0 heterocycles. The Hall–Kier alpha value is -3.56. The van der Waals surface area contributed by atoms with E-state index in [0.717, 1.165) is 9.87 Å². The fourth-order valence-corrected chi connectivity index (χ4v) is 4.00. The van der Waals surface area contributed by atoms with E-state index < -0.39 is 10.0 Å². The van der Waals surface area contributed by atoms with Crippen LogP contribution in [-0.2, 0) is 21.2 Å². The fraction of sp³-hybridized carbons (Fsp3) is 0.174. The Kier molecular flexibility index (Phi) is 7.01. The molecule has 2 N–H and O–H groups in total. The number of nitrogens with one attached hydrogen (secondary N) is 1.